The number of anilines is 1. The fourth-order valence-electron chi connectivity index (χ4n) is 7.38. The second-order valence-corrected chi connectivity index (χ2v) is 12.0. The van der Waals surface area contributed by atoms with Gasteiger partial charge in [-0.2, -0.15) is 0 Å². The van der Waals surface area contributed by atoms with Gasteiger partial charge < -0.3 is 19.8 Å². The number of nitrogens with one attached hydrogen (secondary N) is 2. The van der Waals surface area contributed by atoms with Crippen LogP contribution in [0.2, 0.25) is 0 Å². The van der Waals surface area contributed by atoms with Crippen LogP contribution in [-0.2, 0) is 17.8 Å². The lowest BCUT2D eigenvalue weighted by Crippen LogP contribution is -2.61. The minimum absolute atomic E-state index is 0.0109. The second kappa shape index (κ2) is 9.57. The van der Waals surface area contributed by atoms with Crippen LogP contribution < -0.4 is 15.8 Å². The predicted molar refractivity (Wildman–Crippen MR) is 155 cm³/mol. The highest BCUT2D eigenvalue weighted by molar-refractivity contribution is 5.83. The third-order valence-corrected chi connectivity index (χ3v) is 9.20. The molecule has 1 fully saturated rings. The monoisotopic (exact) mass is 552 g/mol. The van der Waals surface area contributed by atoms with E-state index in [1.165, 1.54) is 0 Å². The molecule has 2 N–H and O–H groups in total. The molecule has 10 heteroatoms. The highest BCUT2D eigenvalue weighted by Crippen LogP contribution is 2.48. The van der Waals surface area contributed by atoms with Crippen molar-refractivity contribution in [2.45, 2.75) is 51.2 Å². The number of fused-ring (bicyclic) bond motifs is 9. The maximum absolute atomic E-state index is 14.3. The number of aromatic amines is 1. The Balaban J connectivity index is 1.28. The number of hydrogen-bond acceptors (Lipinski definition) is 6. The average molecular weight is 553 g/mol. The van der Waals surface area contributed by atoms with Gasteiger partial charge in [-0.3, -0.25) is 19.7 Å². The summed E-state index contributed by atoms with van der Waals surface area (Å²) in [6.45, 7) is 5.31. The summed E-state index contributed by atoms with van der Waals surface area (Å²) < 4.78 is 1.88. The number of carbonyl (C=O) groups excluding carboxylic acids is 1. The van der Waals surface area contributed by atoms with Crippen molar-refractivity contribution >= 4 is 28.3 Å². The van der Waals surface area contributed by atoms with E-state index in [1.807, 2.05) is 47.0 Å². The third kappa shape index (κ3) is 4.20. The molecule has 5 heterocycles. The summed E-state index contributed by atoms with van der Waals surface area (Å²) in [6, 6.07) is 17.8. The molecule has 5 atom stereocenters. The normalized spacial score (nSPS) is 23.4. The second-order valence-electron chi connectivity index (χ2n) is 12.0. The van der Waals surface area contributed by atoms with Crippen LogP contribution in [0.3, 0.4) is 0 Å². The lowest BCUT2D eigenvalue weighted by Gasteiger charge is -2.54. The van der Waals surface area contributed by atoms with Gasteiger partial charge >= 0.3 is 0 Å². The highest BCUT2D eigenvalue weighted by atomic mass is 16.6. The molecule has 7 rings (SSSR count). The predicted octanol–water partition coefficient (Wildman–Crippen LogP) is 4.31. The molecule has 2 bridgehead atoms. The van der Waals surface area contributed by atoms with E-state index < -0.39 is 5.92 Å². The molecule has 0 spiro atoms. The third-order valence-electron chi connectivity index (χ3n) is 9.20. The van der Waals surface area contributed by atoms with Crippen molar-refractivity contribution in [2.24, 2.45) is 17.8 Å². The van der Waals surface area contributed by atoms with Crippen LogP contribution in [0.5, 0.6) is 0 Å². The number of hydrogen-bond donors (Lipinski definition) is 2. The maximum atomic E-state index is 14.3. The Hall–Kier alpha value is -4.47. The summed E-state index contributed by atoms with van der Waals surface area (Å²) in [5.41, 5.74) is 4.55. The molecule has 210 valence electrons. The summed E-state index contributed by atoms with van der Waals surface area (Å²) in [5.74, 6) is 0.471. The molecule has 0 saturated carbocycles. The van der Waals surface area contributed by atoms with Crippen LogP contribution in [0.15, 0.2) is 65.5 Å². The van der Waals surface area contributed by atoms with Gasteiger partial charge in [0.2, 0.25) is 5.91 Å². The molecule has 1 saturated heterocycles. The maximum Gasteiger partial charge on any atom is 0.269 e. The first-order valence-electron chi connectivity index (χ1n) is 14.3. The number of non-ortho nitro benzene ring substituents is 1. The smallest absolute Gasteiger partial charge is 0.269 e. The van der Waals surface area contributed by atoms with E-state index in [1.54, 1.807) is 18.2 Å². The largest absolute Gasteiger partial charge is 0.366 e. The molecule has 10 nitrogen and oxygen atoms in total. The molecule has 0 aliphatic carbocycles. The van der Waals surface area contributed by atoms with Crippen molar-refractivity contribution in [3.8, 4) is 0 Å². The topological polar surface area (TPSA) is 126 Å². The molecule has 2 aromatic heterocycles. The Morgan fingerprint density at radius 3 is 2.73 bits per heavy atom. The fraction of sp³-hybridized carbons (Fsp3) is 0.387. The fourth-order valence-corrected chi connectivity index (χ4v) is 7.38. The van der Waals surface area contributed by atoms with Crippen LogP contribution in [-0.4, -0.2) is 38.0 Å². The number of rotatable bonds is 5. The molecule has 0 unspecified atom stereocenters. The van der Waals surface area contributed by atoms with Crippen LogP contribution in [0, 0.1) is 27.9 Å². The van der Waals surface area contributed by atoms with Crippen LogP contribution >= 0.6 is 0 Å². The van der Waals surface area contributed by atoms with Gasteiger partial charge in [0.25, 0.3) is 11.2 Å². The van der Waals surface area contributed by atoms with Gasteiger partial charge in [0, 0.05) is 54.6 Å². The Morgan fingerprint density at radius 2 is 1.95 bits per heavy atom. The van der Waals surface area contributed by atoms with Gasteiger partial charge in [-0.05, 0) is 54.5 Å². The van der Waals surface area contributed by atoms with E-state index in [0.29, 0.717) is 25.3 Å². The minimum Gasteiger partial charge on any atom is -0.366 e. The number of carbonyl (C=O) groups is 1. The molecule has 1 amide bonds. The molecule has 2 aromatic carbocycles. The standard InChI is InChI=1S/C31H32N6O4/c1-17(2)28(30-32-23-6-3-4-7-24(23)33-30)34-31(39)22-14-18-13-21(37(40)41)10-11-26(18)36-15-19-12-20(29(22)36)16-35-25(19)8-5-9-27(35)38/h3-11,13,17,19-20,22,28-29H,12,14-16H2,1-2H3,(H,32,33)(H,34,39)/t19-,20+,22-,28+,29+/m1/s1. The minimum atomic E-state index is -0.443. The van der Waals surface area contributed by atoms with Gasteiger partial charge in [0.05, 0.1) is 27.9 Å². The van der Waals surface area contributed by atoms with Crippen LogP contribution in [0.4, 0.5) is 11.4 Å². The number of aromatic nitrogens is 3. The van der Waals surface area contributed by atoms with Crippen LogP contribution in [0.25, 0.3) is 11.0 Å². The Bertz CT molecular complexity index is 1710. The van der Waals surface area contributed by atoms with Gasteiger partial charge in [-0.1, -0.05) is 32.0 Å². The number of H-pyrrole nitrogens is 1. The van der Waals surface area contributed by atoms with Crippen molar-refractivity contribution in [1.82, 2.24) is 19.9 Å². The number of pyridine rings is 1. The van der Waals surface area contributed by atoms with Crippen molar-refractivity contribution in [3.63, 3.8) is 0 Å². The first-order valence-corrected chi connectivity index (χ1v) is 14.3. The summed E-state index contributed by atoms with van der Waals surface area (Å²) in [5, 5.41) is 14.9. The summed E-state index contributed by atoms with van der Waals surface area (Å²) in [7, 11) is 0. The van der Waals surface area contributed by atoms with Crippen molar-refractivity contribution < 1.29 is 9.72 Å². The average Bonchev–Trinajstić information content (AvgIpc) is 3.39. The summed E-state index contributed by atoms with van der Waals surface area (Å²) in [4.78, 5) is 48.8. The van der Waals surface area contributed by atoms with Crippen molar-refractivity contribution in [3.05, 3.63) is 98.2 Å². The Morgan fingerprint density at radius 1 is 1.12 bits per heavy atom. The first-order chi connectivity index (χ1) is 19.8. The van der Waals surface area contributed by atoms with Crippen molar-refractivity contribution in [2.75, 3.05) is 11.4 Å². The Kier molecular flexibility index (Phi) is 5.95. The van der Waals surface area contributed by atoms with E-state index in [-0.39, 0.29) is 51.9 Å². The molecule has 3 aliphatic rings. The van der Waals surface area contributed by atoms with Gasteiger partial charge in [-0.15, -0.1) is 0 Å². The lowest BCUT2D eigenvalue weighted by molar-refractivity contribution is -0.384. The SMILES string of the molecule is CC(C)[C@H](NC(=O)[C@@H]1Cc2cc([N+](=O)[O-])ccc2N2C[C@H]3C[C@@H](Cn4c3cccc4=O)[C@@H]12)c1nc2ccccc2[nH]1. The number of para-hydroxylation sites is 2. The Labute approximate surface area is 236 Å². The number of imidazole rings is 1. The molecule has 41 heavy (non-hydrogen) atoms. The van der Waals surface area contributed by atoms with Gasteiger partial charge in [-0.25, -0.2) is 4.98 Å². The zero-order valence-corrected chi connectivity index (χ0v) is 23.0. The molecular formula is C31H32N6O4. The number of nitro benzene ring substituents is 1. The van der Waals surface area contributed by atoms with Gasteiger partial charge in [0.15, 0.2) is 0 Å². The zero-order valence-electron chi connectivity index (χ0n) is 23.0. The summed E-state index contributed by atoms with van der Waals surface area (Å²) >= 11 is 0. The summed E-state index contributed by atoms with van der Waals surface area (Å²) in [6.07, 6.45) is 1.29. The number of nitro groups is 1. The highest BCUT2D eigenvalue weighted by Gasteiger charge is 2.49. The van der Waals surface area contributed by atoms with E-state index >= 15 is 0 Å². The quantitative estimate of drug-likeness (QED) is 0.281. The van der Waals surface area contributed by atoms with Crippen LogP contribution in [0.1, 0.15) is 49.3 Å². The van der Waals surface area contributed by atoms with E-state index in [2.05, 4.69) is 29.0 Å². The van der Waals surface area contributed by atoms with E-state index in [9.17, 15) is 19.7 Å². The molecule has 3 aliphatic heterocycles. The molecular weight excluding hydrogens is 520 g/mol. The molecule has 4 aromatic rings. The van der Waals surface area contributed by atoms with Crippen molar-refractivity contribution in [1.29, 1.82) is 0 Å². The first kappa shape index (κ1) is 25.5. The zero-order chi connectivity index (χ0) is 28.4. The number of benzene rings is 2. The lowest BCUT2D eigenvalue weighted by atomic mass is 9.70. The molecule has 0 radical (unpaired) electrons. The number of amides is 1. The number of piperidine rings is 1. The van der Waals surface area contributed by atoms with E-state index in [0.717, 1.165) is 34.4 Å². The number of nitrogens with zero attached hydrogens (tertiary/aromatic N) is 4. The van der Waals surface area contributed by atoms with E-state index in [4.69, 9.17) is 4.98 Å². The van der Waals surface area contributed by atoms with Gasteiger partial charge in [0.1, 0.15) is 5.82 Å².